The van der Waals surface area contributed by atoms with Crippen LogP contribution in [0.25, 0.3) is 0 Å². The van der Waals surface area contributed by atoms with E-state index in [-0.39, 0.29) is 37.5 Å². The molecule has 0 aromatic rings. The van der Waals surface area contributed by atoms with Crippen LogP contribution < -0.4 is 0 Å². The molecule has 0 saturated carbocycles. The Labute approximate surface area is 282 Å². The first kappa shape index (κ1) is 43.4. The standard InChI is InChI=1S/C40H68O6/c1-4-7-10-13-16-19-22-24-27-30-33-39(42)45-36-37(46-40(43)34-31-28-25-21-18-15-12-9-6-3)35-44-38(41)32-29-26-23-20-17-14-11-8-5-2/h9,12-13,16,18,20-21,23,37H,4-8,10-11,14-15,17,19,22,24-36H2,1-3H3/b12-9-,16-13-,21-18-,23-20-. The fourth-order valence-corrected chi connectivity index (χ4v) is 4.70. The molecular weight excluding hydrogens is 576 g/mol. The third-order valence-corrected chi connectivity index (χ3v) is 7.54. The van der Waals surface area contributed by atoms with Gasteiger partial charge in [-0.05, 0) is 83.5 Å². The highest BCUT2D eigenvalue weighted by Gasteiger charge is 2.19. The normalized spacial score (nSPS) is 12.5. The summed E-state index contributed by atoms with van der Waals surface area (Å²) in [7, 11) is 0. The zero-order valence-electron chi connectivity index (χ0n) is 29.8. The van der Waals surface area contributed by atoms with Crippen LogP contribution in [-0.4, -0.2) is 37.2 Å². The highest BCUT2D eigenvalue weighted by atomic mass is 16.6. The van der Waals surface area contributed by atoms with Crippen molar-refractivity contribution in [3.8, 4) is 0 Å². The van der Waals surface area contributed by atoms with Gasteiger partial charge in [0.2, 0.25) is 0 Å². The van der Waals surface area contributed by atoms with Crippen molar-refractivity contribution >= 4 is 17.9 Å². The summed E-state index contributed by atoms with van der Waals surface area (Å²) in [6, 6.07) is 0. The maximum atomic E-state index is 12.5. The van der Waals surface area contributed by atoms with Gasteiger partial charge in [0.15, 0.2) is 6.10 Å². The smallest absolute Gasteiger partial charge is 0.306 e. The second kappa shape index (κ2) is 35.2. The van der Waals surface area contributed by atoms with Crippen molar-refractivity contribution in [3.63, 3.8) is 0 Å². The summed E-state index contributed by atoms with van der Waals surface area (Å²) in [6.45, 7) is 6.32. The molecule has 0 aliphatic rings. The average Bonchev–Trinajstić information content (AvgIpc) is 3.05. The van der Waals surface area contributed by atoms with Gasteiger partial charge in [0.1, 0.15) is 13.2 Å². The molecule has 0 aliphatic carbocycles. The fraction of sp³-hybridized carbons (Fsp3) is 0.725. The lowest BCUT2D eigenvalue weighted by Gasteiger charge is -2.18. The van der Waals surface area contributed by atoms with Crippen molar-refractivity contribution in [1.29, 1.82) is 0 Å². The van der Waals surface area contributed by atoms with Gasteiger partial charge >= 0.3 is 17.9 Å². The van der Waals surface area contributed by atoms with Crippen molar-refractivity contribution < 1.29 is 28.6 Å². The Hall–Kier alpha value is -2.63. The van der Waals surface area contributed by atoms with E-state index in [2.05, 4.69) is 69.4 Å². The number of ether oxygens (including phenoxy) is 3. The van der Waals surface area contributed by atoms with E-state index in [0.29, 0.717) is 25.7 Å². The van der Waals surface area contributed by atoms with E-state index in [1.54, 1.807) is 0 Å². The summed E-state index contributed by atoms with van der Waals surface area (Å²) in [5.41, 5.74) is 0. The molecule has 1 atom stereocenters. The molecule has 0 aliphatic heterocycles. The summed E-state index contributed by atoms with van der Waals surface area (Å²) in [6.07, 6.45) is 38.3. The number of esters is 3. The van der Waals surface area contributed by atoms with Crippen LogP contribution in [0.4, 0.5) is 0 Å². The summed E-state index contributed by atoms with van der Waals surface area (Å²) < 4.78 is 16.4. The Balaban J connectivity index is 4.48. The number of allylic oxidation sites excluding steroid dienone is 8. The largest absolute Gasteiger partial charge is 0.462 e. The van der Waals surface area contributed by atoms with Gasteiger partial charge in [0, 0.05) is 19.3 Å². The zero-order valence-corrected chi connectivity index (χ0v) is 29.8. The summed E-state index contributed by atoms with van der Waals surface area (Å²) in [5, 5.41) is 0. The molecule has 0 bridgehead atoms. The molecule has 0 spiro atoms. The maximum Gasteiger partial charge on any atom is 0.306 e. The third kappa shape index (κ3) is 32.8. The van der Waals surface area contributed by atoms with Crippen LogP contribution in [0.2, 0.25) is 0 Å². The molecule has 0 radical (unpaired) electrons. The third-order valence-electron chi connectivity index (χ3n) is 7.54. The number of unbranched alkanes of at least 4 members (excludes halogenated alkanes) is 13. The Kier molecular flexibility index (Phi) is 33.2. The Morgan fingerprint density at radius 1 is 0.457 bits per heavy atom. The molecule has 0 saturated heterocycles. The molecule has 0 rings (SSSR count). The van der Waals surface area contributed by atoms with Crippen molar-refractivity contribution in [2.24, 2.45) is 0 Å². The molecule has 0 aromatic carbocycles. The molecule has 6 nitrogen and oxygen atoms in total. The Morgan fingerprint density at radius 2 is 0.891 bits per heavy atom. The minimum atomic E-state index is -0.798. The predicted octanol–water partition coefficient (Wildman–Crippen LogP) is 11.2. The molecule has 264 valence electrons. The molecule has 1 unspecified atom stereocenters. The van der Waals surface area contributed by atoms with Crippen LogP contribution in [-0.2, 0) is 28.6 Å². The molecule has 0 heterocycles. The van der Waals surface area contributed by atoms with E-state index < -0.39 is 6.10 Å². The van der Waals surface area contributed by atoms with Crippen molar-refractivity contribution in [1.82, 2.24) is 0 Å². The fourth-order valence-electron chi connectivity index (χ4n) is 4.70. The summed E-state index contributed by atoms with van der Waals surface area (Å²) in [4.78, 5) is 37.2. The molecule has 0 fully saturated rings. The SMILES string of the molecule is CC/C=C\C/C=C\CCCCC(=O)OC(COC(=O)CCC/C=C\CCCCCC)COC(=O)CCCCCC/C=C\CCCC. The minimum absolute atomic E-state index is 0.102. The maximum absolute atomic E-state index is 12.5. The quantitative estimate of drug-likeness (QED) is 0.0314. The van der Waals surface area contributed by atoms with Crippen LogP contribution >= 0.6 is 0 Å². The second-order valence-electron chi connectivity index (χ2n) is 12.1. The number of hydrogen-bond acceptors (Lipinski definition) is 6. The summed E-state index contributed by atoms with van der Waals surface area (Å²) >= 11 is 0. The van der Waals surface area contributed by atoms with E-state index in [1.165, 1.54) is 38.5 Å². The lowest BCUT2D eigenvalue weighted by atomic mass is 10.1. The van der Waals surface area contributed by atoms with Crippen LogP contribution in [0, 0.1) is 0 Å². The number of rotatable bonds is 32. The second-order valence-corrected chi connectivity index (χ2v) is 12.1. The molecule has 6 heteroatoms. The van der Waals surface area contributed by atoms with E-state index in [0.717, 1.165) is 77.0 Å². The zero-order chi connectivity index (χ0) is 33.8. The van der Waals surface area contributed by atoms with Gasteiger partial charge in [-0.2, -0.15) is 0 Å². The van der Waals surface area contributed by atoms with Gasteiger partial charge in [-0.25, -0.2) is 0 Å². The molecule has 0 N–H and O–H groups in total. The van der Waals surface area contributed by atoms with Crippen LogP contribution in [0.1, 0.15) is 168 Å². The van der Waals surface area contributed by atoms with E-state index in [4.69, 9.17) is 14.2 Å². The van der Waals surface area contributed by atoms with Gasteiger partial charge in [0.05, 0.1) is 0 Å². The molecule has 0 amide bonds. The number of hydrogen-bond donors (Lipinski definition) is 0. The van der Waals surface area contributed by atoms with E-state index in [1.807, 2.05) is 0 Å². The highest BCUT2D eigenvalue weighted by Crippen LogP contribution is 2.10. The van der Waals surface area contributed by atoms with Crippen LogP contribution in [0.15, 0.2) is 48.6 Å². The van der Waals surface area contributed by atoms with Crippen LogP contribution in [0.5, 0.6) is 0 Å². The molecule has 0 aromatic heterocycles. The highest BCUT2D eigenvalue weighted by molar-refractivity contribution is 5.71. The predicted molar refractivity (Wildman–Crippen MR) is 192 cm³/mol. The van der Waals surface area contributed by atoms with E-state index in [9.17, 15) is 14.4 Å². The van der Waals surface area contributed by atoms with Gasteiger partial charge < -0.3 is 14.2 Å². The molecular formula is C40H68O6. The monoisotopic (exact) mass is 645 g/mol. The lowest BCUT2D eigenvalue weighted by Crippen LogP contribution is -2.30. The Bertz CT molecular complexity index is 841. The number of carbonyl (C=O) groups is 3. The lowest BCUT2D eigenvalue weighted by molar-refractivity contribution is -0.167. The minimum Gasteiger partial charge on any atom is -0.462 e. The number of carbonyl (C=O) groups excluding carboxylic acids is 3. The van der Waals surface area contributed by atoms with Crippen molar-refractivity contribution in [2.75, 3.05) is 13.2 Å². The van der Waals surface area contributed by atoms with E-state index >= 15 is 0 Å². The summed E-state index contributed by atoms with van der Waals surface area (Å²) in [5.74, 6) is -1.00. The van der Waals surface area contributed by atoms with Crippen molar-refractivity contribution in [2.45, 2.75) is 175 Å². The van der Waals surface area contributed by atoms with Gasteiger partial charge in [-0.3, -0.25) is 14.4 Å². The van der Waals surface area contributed by atoms with Crippen LogP contribution in [0.3, 0.4) is 0 Å². The van der Waals surface area contributed by atoms with Crippen molar-refractivity contribution in [3.05, 3.63) is 48.6 Å². The first-order chi connectivity index (χ1) is 22.5. The van der Waals surface area contributed by atoms with Gasteiger partial charge in [0.25, 0.3) is 0 Å². The first-order valence-corrected chi connectivity index (χ1v) is 18.6. The topological polar surface area (TPSA) is 78.9 Å². The average molecular weight is 645 g/mol. The Morgan fingerprint density at radius 3 is 1.50 bits per heavy atom. The molecule has 46 heavy (non-hydrogen) atoms. The van der Waals surface area contributed by atoms with Gasteiger partial charge in [-0.15, -0.1) is 0 Å². The first-order valence-electron chi connectivity index (χ1n) is 18.6. The van der Waals surface area contributed by atoms with Gasteiger partial charge in [-0.1, -0.05) is 114 Å².